The lowest BCUT2D eigenvalue weighted by molar-refractivity contribution is -0.138. The SMILES string of the molecule is COc1ncc(Cl)c(NC(C(=O)O)c2ccccc2)n1. The van der Waals surface area contributed by atoms with Crippen LogP contribution in [-0.4, -0.2) is 28.2 Å². The normalized spacial score (nSPS) is 11.7. The number of aliphatic carboxylic acids is 1. The van der Waals surface area contributed by atoms with Crippen LogP contribution in [0.1, 0.15) is 11.6 Å². The van der Waals surface area contributed by atoms with E-state index in [9.17, 15) is 9.90 Å². The van der Waals surface area contributed by atoms with Gasteiger partial charge in [-0.15, -0.1) is 0 Å². The van der Waals surface area contributed by atoms with E-state index in [2.05, 4.69) is 15.3 Å². The summed E-state index contributed by atoms with van der Waals surface area (Å²) in [4.78, 5) is 19.2. The molecule has 20 heavy (non-hydrogen) atoms. The number of methoxy groups -OCH3 is 1. The van der Waals surface area contributed by atoms with E-state index in [-0.39, 0.29) is 16.9 Å². The molecule has 7 heteroatoms. The minimum absolute atomic E-state index is 0.106. The molecular weight excluding hydrogens is 282 g/mol. The number of anilines is 1. The third-order valence-corrected chi connectivity index (χ3v) is 2.84. The number of hydrogen-bond donors (Lipinski definition) is 2. The number of nitrogens with zero attached hydrogens (tertiary/aromatic N) is 2. The fourth-order valence-corrected chi connectivity index (χ4v) is 1.77. The molecule has 1 aromatic carbocycles. The summed E-state index contributed by atoms with van der Waals surface area (Å²) >= 11 is 5.95. The summed E-state index contributed by atoms with van der Waals surface area (Å²) < 4.78 is 4.89. The van der Waals surface area contributed by atoms with Gasteiger partial charge in [-0.05, 0) is 5.56 Å². The van der Waals surface area contributed by atoms with Crippen LogP contribution in [0.25, 0.3) is 0 Å². The average Bonchev–Trinajstić information content (AvgIpc) is 2.47. The van der Waals surface area contributed by atoms with Crippen LogP contribution < -0.4 is 10.1 Å². The lowest BCUT2D eigenvalue weighted by Gasteiger charge is -2.16. The zero-order valence-corrected chi connectivity index (χ0v) is 11.3. The first-order valence-corrected chi connectivity index (χ1v) is 6.10. The molecule has 0 aliphatic heterocycles. The molecule has 0 spiro atoms. The molecule has 0 radical (unpaired) electrons. The standard InChI is InChI=1S/C13H12ClN3O3/c1-20-13-15-7-9(14)11(17-13)16-10(12(18)19)8-5-3-2-4-6-8/h2-7,10H,1H3,(H,18,19)(H,15,16,17). The highest BCUT2D eigenvalue weighted by Crippen LogP contribution is 2.25. The van der Waals surface area contributed by atoms with Crippen LogP contribution in [-0.2, 0) is 4.79 Å². The Morgan fingerprint density at radius 2 is 2.10 bits per heavy atom. The fraction of sp³-hybridized carbons (Fsp3) is 0.154. The minimum atomic E-state index is -1.04. The van der Waals surface area contributed by atoms with Gasteiger partial charge >= 0.3 is 12.0 Å². The van der Waals surface area contributed by atoms with E-state index in [0.29, 0.717) is 5.56 Å². The molecule has 2 aromatic rings. The van der Waals surface area contributed by atoms with Gasteiger partial charge in [0.25, 0.3) is 0 Å². The molecule has 0 aliphatic rings. The number of nitrogens with one attached hydrogen (secondary N) is 1. The Balaban J connectivity index is 2.32. The van der Waals surface area contributed by atoms with Crippen LogP contribution in [0.15, 0.2) is 36.5 Å². The van der Waals surface area contributed by atoms with Crippen LogP contribution in [0.5, 0.6) is 6.01 Å². The number of aromatic nitrogens is 2. The first kappa shape index (κ1) is 14.1. The first-order chi connectivity index (χ1) is 9.61. The maximum Gasteiger partial charge on any atom is 0.330 e. The number of carboxylic acids is 1. The van der Waals surface area contributed by atoms with Gasteiger partial charge in [0.05, 0.1) is 13.3 Å². The Hall–Kier alpha value is -2.34. The number of halogens is 1. The monoisotopic (exact) mass is 293 g/mol. The molecule has 104 valence electrons. The highest BCUT2D eigenvalue weighted by Gasteiger charge is 2.21. The second-order valence-corrected chi connectivity index (χ2v) is 4.29. The molecule has 0 aliphatic carbocycles. The van der Waals surface area contributed by atoms with Crippen molar-refractivity contribution in [3.05, 3.63) is 47.1 Å². The van der Waals surface area contributed by atoms with E-state index in [1.54, 1.807) is 24.3 Å². The summed E-state index contributed by atoms with van der Waals surface area (Å²) in [5.41, 5.74) is 0.591. The number of carboxylic acid groups (broad SMARTS) is 1. The largest absolute Gasteiger partial charge is 0.479 e. The van der Waals surface area contributed by atoms with Crippen LogP contribution >= 0.6 is 11.6 Å². The van der Waals surface area contributed by atoms with E-state index in [1.807, 2.05) is 6.07 Å². The summed E-state index contributed by atoms with van der Waals surface area (Å²) in [5, 5.41) is 12.3. The van der Waals surface area contributed by atoms with Crippen molar-refractivity contribution in [1.29, 1.82) is 0 Å². The molecule has 0 amide bonds. The van der Waals surface area contributed by atoms with Gasteiger partial charge in [0.1, 0.15) is 5.02 Å². The number of rotatable bonds is 5. The van der Waals surface area contributed by atoms with Crippen molar-refractivity contribution < 1.29 is 14.6 Å². The van der Waals surface area contributed by atoms with Crippen molar-refractivity contribution in [2.24, 2.45) is 0 Å². The summed E-state index contributed by atoms with van der Waals surface area (Å²) in [6, 6.07) is 7.88. The van der Waals surface area contributed by atoms with Gasteiger partial charge in [-0.25, -0.2) is 9.78 Å². The van der Waals surface area contributed by atoms with Crippen molar-refractivity contribution >= 4 is 23.4 Å². The number of benzene rings is 1. The van der Waals surface area contributed by atoms with Crippen molar-refractivity contribution in [2.45, 2.75) is 6.04 Å². The molecule has 2 N–H and O–H groups in total. The van der Waals surface area contributed by atoms with Crippen molar-refractivity contribution in [2.75, 3.05) is 12.4 Å². The van der Waals surface area contributed by atoms with E-state index >= 15 is 0 Å². The zero-order chi connectivity index (χ0) is 14.5. The quantitative estimate of drug-likeness (QED) is 0.880. The van der Waals surface area contributed by atoms with Crippen LogP contribution in [0.3, 0.4) is 0 Å². The third kappa shape index (κ3) is 3.16. The molecule has 2 rings (SSSR count). The molecule has 1 aromatic heterocycles. The lowest BCUT2D eigenvalue weighted by atomic mass is 10.1. The maximum absolute atomic E-state index is 11.4. The molecule has 0 fully saturated rings. The van der Waals surface area contributed by atoms with Gasteiger partial charge < -0.3 is 15.2 Å². The Morgan fingerprint density at radius 3 is 2.70 bits per heavy atom. The topological polar surface area (TPSA) is 84.3 Å². The average molecular weight is 294 g/mol. The fourth-order valence-electron chi connectivity index (χ4n) is 1.62. The van der Waals surface area contributed by atoms with Crippen molar-refractivity contribution in [3.63, 3.8) is 0 Å². The van der Waals surface area contributed by atoms with Crippen molar-refractivity contribution in [3.8, 4) is 6.01 Å². The Morgan fingerprint density at radius 1 is 1.40 bits per heavy atom. The highest BCUT2D eigenvalue weighted by molar-refractivity contribution is 6.32. The molecule has 0 saturated heterocycles. The van der Waals surface area contributed by atoms with Gasteiger partial charge in [0, 0.05) is 0 Å². The molecule has 0 saturated carbocycles. The Kier molecular flexibility index (Phi) is 4.37. The number of carbonyl (C=O) groups is 1. The molecule has 1 atom stereocenters. The predicted molar refractivity (Wildman–Crippen MR) is 74.0 cm³/mol. The summed E-state index contributed by atoms with van der Waals surface area (Å²) in [6.07, 6.45) is 1.35. The predicted octanol–water partition coefficient (Wildman–Crippen LogP) is 2.38. The van der Waals surface area contributed by atoms with Crippen LogP contribution in [0.4, 0.5) is 5.82 Å². The summed E-state index contributed by atoms with van der Waals surface area (Å²) in [6.45, 7) is 0. The Bertz CT molecular complexity index is 607. The van der Waals surface area contributed by atoms with Gasteiger partial charge in [-0.1, -0.05) is 41.9 Å². The highest BCUT2D eigenvalue weighted by atomic mass is 35.5. The second-order valence-electron chi connectivity index (χ2n) is 3.88. The molecule has 1 unspecified atom stereocenters. The minimum Gasteiger partial charge on any atom is -0.479 e. The number of hydrogen-bond acceptors (Lipinski definition) is 5. The third-order valence-electron chi connectivity index (χ3n) is 2.57. The molecule has 0 bridgehead atoms. The van der Waals surface area contributed by atoms with Crippen LogP contribution in [0.2, 0.25) is 5.02 Å². The van der Waals surface area contributed by atoms with Gasteiger partial charge in [-0.2, -0.15) is 4.98 Å². The maximum atomic E-state index is 11.4. The van der Waals surface area contributed by atoms with Gasteiger partial charge in [-0.3, -0.25) is 0 Å². The summed E-state index contributed by atoms with van der Waals surface area (Å²) in [5.74, 6) is -0.834. The number of ether oxygens (including phenoxy) is 1. The Labute approximate surface area is 120 Å². The smallest absolute Gasteiger partial charge is 0.330 e. The van der Waals surface area contributed by atoms with E-state index in [0.717, 1.165) is 0 Å². The zero-order valence-electron chi connectivity index (χ0n) is 10.6. The van der Waals surface area contributed by atoms with E-state index in [1.165, 1.54) is 13.3 Å². The lowest BCUT2D eigenvalue weighted by Crippen LogP contribution is -2.21. The molecular formula is C13H12ClN3O3. The second kappa shape index (κ2) is 6.21. The van der Waals surface area contributed by atoms with Crippen molar-refractivity contribution in [1.82, 2.24) is 9.97 Å². The van der Waals surface area contributed by atoms with Crippen LogP contribution in [0, 0.1) is 0 Å². The first-order valence-electron chi connectivity index (χ1n) is 5.72. The summed E-state index contributed by atoms with van der Waals surface area (Å²) in [7, 11) is 1.42. The van der Waals surface area contributed by atoms with Gasteiger partial charge in [0.15, 0.2) is 11.9 Å². The molecule has 6 nitrogen and oxygen atoms in total. The molecule has 1 heterocycles. The van der Waals surface area contributed by atoms with E-state index < -0.39 is 12.0 Å². The van der Waals surface area contributed by atoms with Gasteiger partial charge in [0.2, 0.25) is 0 Å². The van der Waals surface area contributed by atoms with E-state index in [4.69, 9.17) is 16.3 Å².